The molecule has 0 heterocycles. The molecular formula is C18H25NO2S. The fourth-order valence-corrected chi connectivity index (χ4v) is 5.22. The third-order valence-corrected chi connectivity index (χ3v) is 7.10. The number of allylic oxidation sites excluding steroid dienone is 1. The van der Waals surface area contributed by atoms with Crippen molar-refractivity contribution < 1.29 is 8.42 Å². The lowest BCUT2D eigenvalue weighted by atomic mass is 9.98. The minimum Gasteiger partial charge on any atom is -0.207 e. The number of rotatable bonds is 3. The molecule has 3 nitrogen and oxygen atoms in total. The molecule has 120 valence electrons. The van der Waals surface area contributed by atoms with Crippen molar-refractivity contribution in [3.8, 4) is 0 Å². The molecule has 2 aliphatic rings. The van der Waals surface area contributed by atoms with Crippen LogP contribution in [0, 0.1) is 0 Å². The van der Waals surface area contributed by atoms with E-state index in [0.29, 0.717) is 11.3 Å². The van der Waals surface area contributed by atoms with Crippen molar-refractivity contribution in [2.24, 2.45) is 0 Å². The van der Waals surface area contributed by atoms with Gasteiger partial charge in [-0.3, -0.25) is 0 Å². The van der Waals surface area contributed by atoms with Gasteiger partial charge in [0.1, 0.15) is 0 Å². The van der Waals surface area contributed by atoms with Crippen LogP contribution in [0.1, 0.15) is 56.1 Å². The number of nitrogens with zero attached hydrogens (tertiary/aromatic N) is 1. The summed E-state index contributed by atoms with van der Waals surface area (Å²) in [6.07, 6.45) is 10.1. The molecule has 3 rings (SSSR count). The zero-order valence-electron chi connectivity index (χ0n) is 13.3. The number of aryl methyl sites for hydroxylation is 1. The highest BCUT2D eigenvalue weighted by molar-refractivity contribution is 7.93. The van der Waals surface area contributed by atoms with Gasteiger partial charge < -0.3 is 0 Å². The quantitative estimate of drug-likeness (QED) is 0.791. The van der Waals surface area contributed by atoms with E-state index in [0.717, 1.165) is 37.7 Å². The first-order valence-corrected chi connectivity index (χ1v) is 9.79. The average Bonchev–Trinajstić information content (AvgIpc) is 2.82. The van der Waals surface area contributed by atoms with Gasteiger partial charge in [0, 0.05) is 13.1 Å². The molecule has 1 aromatic rings. The van der Waals surface area contributed by atoms with E-state index in [4.69, 9.17) is 0 Å². The molecule has 0 unspecified atom stereocenters. The first-order valence-electron chi connectivity index (χ1n) is 8.35. The smallest absolute Gasteiger partial charge is 0.207 e. The minimum absolute atomic E-state index is 0.172. The Kier molecular flexibility index (Phi) is 4.69. The van der Waals surface area contributed by atoms with Gasteiger partial charge in [-0.1, -0.05) is 49.9 Å². The third-order valence-electron chi connectivity index (χ3n) is 5.06. The fourth-order valence-electron chi connectivity index (χ4n) is 3.61. The summed E-state index contributed by atoms with van der Waals surface area (Å²) in [6, 6.07) is 8.26. The van der Waals surface area contributed by atoms with E-state index in [9.17, 15) is 8.42 Å². The Morgan fingerprint density at radius 3 is 2.41 bits per heavy atom. The van der Waals surface area contributed by atoms with Crippen LogP contribution in [0.15, 0.2) is 29.2 Å². The molecule has 4 heteroatoms. The molecule has 0 atom stereocenters. The predicted octanol–water partition coefficient (Wildman–Crippen LogP) is 3.96. The SMILES string of the molecule is CN(C1CCCCCC1)S(=O)(=O)C1=Cc2ccccc2CC1. The van der Waals surface area contributed by atoms with Crippen molar-refractivity contribution in [1.82, 2.24) is 4.31 Å². The van der Waals surface area contributed by atoms with Gasteiger partial charge in [0.25, 0.3) is 0 Å². The Hall–Kier alpha value is -1.13. The molecule has 0 radical (unpaired) electrons. The van der Waals surface area contributed by atoms with E-state index in [1.165, 1.54) is 18.4 Å². The summed E-state index contributed by atoms with van der Waals surface area (Å²) in [7, 11) is -1.56. The molecule has 2 aliphatic carbocycles. The standard InChI is InChI=1S/C18H25NO2S/c1-19(17-10-4-2-3-5-11-17)22(20,21)18-13-12-15-8-6-7-9-16(15)14-18/h6-9,14,17H,2-5,10-13H2,1H3. The molecule has 0 aromatic heterocycles. The number of sulfonamides is 1. The molecule has 0 saturated heterocycles. The lowest BCUT2D eigenvalue weighted by Crippen LogP contribution is -2.37. The van der Waals surface area contributed by atoms with E-state index < -0.39 is 10.0 Å². The third kappa shape index (κ3) is 3.13. The van der Waals surface area contributed by atoms with Gasteiger partial charge in [-0.15, -0.1) is 0 Å². The molecule has 0 spiro atoms. The van der Waals surface area contributed by atoms with Crippen molar-refractivity contribution in [2.75, 3.05) is 7.05 Å². The largest absolute Gasteiger partial charge is 0.239 e. The summed E-state index contributed by atoms with van der Waals surface area (Å²) in [5.41, 5.74) is 2.31. The predicted molar refractivity (Wildman–Crippen MR) is 90.9 cm³/mol. The Morgan fingerprint density at radius 1 is 1.00 bits per heavy atom. The van der Waals surface area contributed by atoms with Crippen LogP contribution in [-0.2, 0) is 16.4 Å². The Bertz CT molecular complexity index is 655. The average molecular weight is 319 g/mol. The summed E-state index contributed by atoms with van der Waals surface area (Å²) in [4.78, 5) is 0.581. The summed E-state index contributed by atoms with van der Waals surface area (Å²) in [6.45, 7) is 0. The van der Waals surface area contributed by atoms with Crippen molar-refractivity contribution in [3.05, 3.63) is 40.3 Å². The second-order valence-corrected chi connectivity index (χ2v) is 8.53. The van der Waals surface area contributed by atoms with E-state index in [-0.39, 0.29) is 6.04 Å². The van der Waals surface area contributed by atoms with Crippen LogP contribution >= 0.6 is 0 Å². The minimum atomic E-state index is -3.33. The molecule has 0 amide bonds. The van der Waals surface area contributed by atoms with Crippen molar-refractivity contribution in [2.45, 2.75) is 57.4 Å². The second-order valence-electron chi connectivity index (χ2n) is 6.48. The molecule has 0 aliphatic heterocycles. The van der Waals surface area contributed by atoms with Gasteiger partial charge in [-0.05, 0) is 42.9 Å². The van der Waals surface area contributed by atoms with Gasteiger partial charge in [-0.2, -0.15) is 4.31 Å². The van der Waals surface area contributed by atoms with Crippen molar-refractivity contribution in [1.29, 1.82) is 0 Å². The van der Waals surface area contributed by atoms with E-state index in [1.54, 1.807) is 11.4 Å². The Balaban J connectivity index is 1.85. The van der Waals surface area contributed by atoms with Crippen molar-refractivity contribution >= 4 is 16.1 Å². The first kappa shape index (κ1) is 15.8. The van der Waals surface area contributed by atoms with E-state index in [2.05, 4.69) is 6.07 Å². The van der Waals surface area contributed by atoms with Gasteiger partial charge >= 0.3 is 0 Å². The van der Waals surface area contributed by atoms with Crippen LogP contribution in [0.3, 0.4) is 0 Å². The van der Waals surface area contributed by atoms with Crippen LogP contribution in [0.4, 0.5) is 0 Å². The molecule has 1 saturated carbocycles. The maximum Gasteiger partial charge on any atom is 0.239 e. The topological polar surface area (TPSA) is 37.4 Å². The monoisotopic (exact) mass is 319 g/mol. The van der Waals surface area contributed by atoms with Gasteiger partial charge in [0.05, 0.1) is 4.91 Å². The van der Waals surface area contributed by atoms with Gasteiger partial charge in [-0.25, -0.2) is 8.42 Å². The maximum atomic E-state index is 13.0. The highest BCUT2D eigenvalue weighted by atomic mass is 32.2. The number of fused-ring (bicyclic) bond motifs is 1. The lowest BCUT2D eigenvalue weighted by molar-refractivity contribution is 0.338. The van der Waals surface area contributed by atoms with Crippen LogP contribution in [0.2, 0.25) is 0 Å². The summed E-state index contributed by atoms with van der Waals surface area (Å²) < 4.78 is 27.6. The summed E-state index contributed by atoms with van der Waals surface area (Å²) in [5, 5.41) is 0. The number of benzene rings is 1. The second kappa shape index (κ2) is 6.55. The zero-order chi connectivity index (χ0) is 15.6. The summed E-state index contributed by atoms with van der Waals surface area (Å²) in [5.74, 6) is 0. The van der Waals surface area contributed by atoms with E-state index >= 15 is 0 Å². The number of hydrogen-bond acceptors (Lipinski definition) is 2. The summed E-state index contributed by atoms with van der Waals surface area (Å²) >= 11 is 0. The first-order chi connectivity index (χ1) is 10.6. The van der Waals surface area contributed by atoms with Crippen LogP contribution in [0.25, 0.3) is 6.08 Å². The fraction of sp³-hybridized carbons (Fsp3) is 0.556. The van der Waals surface area contributed by atoms with E-state index in [1.807, 2.05) is 24.3 Å². The molecule has 22 heavy (non-hydrogen) atoms. The molecule has 1 aromatic carbocycles. The van der Waals surface area contributed by atoms with Crippen LogP contribution in [-0.4, -0.2) is 25.8 Å². The van der Waals surface area contributed by atoms with Crippen LogP contribution in [0.5, 0.6) is 0 Å². The van der Waals surface area contributed by atoms with Crippen molar-refractivity contribution in [3.63, 3.8) is 0 Å². The van der Waals surface area contributed by atoms with Crippen LogP contribution < -0.4 is 0 Å². The molecular weight excluding hydrogens is 294 g/mol. The Labute approximate surface area is 134 Å². The normalized spacial score (nSPS) is 20.4. The zero-order valence-corrected chi connectivity index (χ0v) is 14.1. The molecule has 0 bridgehead atoms. The maximum absolute atomic E-state index is 13.0. The lowest BCUT2D eigenvalue weighted by Gasteiger charge is -2.28. The molecule has 1 fully saturated rings. The van der Waals surface area contributed by atoms with Gasteiger partial charge in [0.15, 0.2) is 0 Å². The Morgan fingerprint density at radius 2 is 1.68 bits per heavy atom. The number of hydrogen-bond donors (Lipinski definition) is 0. The molecule has 0 N–H and O–H groups in total. The highest BCUT2D eigenvalue weighted by Crippen LogP contribution is 2.31. The highest BCUT2D eigenvalue weighted by Gasteiger charge is 2.31. The van der Waals surface area contributed by atoms with Gasteiger partial charge in [0.2, 0.25) is 10.0 Å².